The summed E-state index contributed by atoms with van der Waals surface area (Å²) in [4.78, 5) is 2.26. The van der Waals surface area contributed by atoms with Crippen LogP contribution in [-0.2, 0) is 0 Å². The van der Waals surface area contributed by atoms with Crippen molar-refractivity contribution in [2.75, 3.05) is 26.7 Å². The van der Waals surface area contributed by atoms with E-state index < -0.39 is 0 Å². The average Bonchev–Trinajstić information content (AvgIpc) is 1.88. The molecule has 2 heteroatoms. The molecule has 1 unspecified atom stereocenters. The van der Waals surface area contributed by atoms with Crippen molar-refractivity contribution in [1.29, 1.82) is 0 Å². The van der Waals surface area contributed by atoms with Crippen LogP contribution in [0, 0.1) is 5.92 Å². The highest BCUT2D eigenvalue weighted by Gasteiger charge is 2.02. The highest BCUT2D eigenvalue weighted by molar-refractivity contribution is 4.56. The van der Waals surface area contributed by atoms with Crippen molar-refractivity contribution in [3.63, 3.8) is 0 Å². The van der Waals surface area contributed by atoms with Crippen LogP contribution in [0.5, 0.6) is 0 Å². The van der Waals surface area contributed by atoms with E-state index in [0.29, 0.717) is 12.5 Å². The van der Waals surface area contributed by atoms with E-state index in [4.69, 9.17) is 5.11 Å². The van der Waals surface area contributed by atoms with Crippen LogP contribution in [0.3, 0.4) is 0 Å². The van der Waals surface area contributed by atoms with Crippen molar-refractivity contribution >= 4 is 0 Å². The van der Waals surface area contributed by atoms with E-state index in [1.54, 1.807) is 0 Å². The summed E-state index contributed by atoms with van der Waals surface area (Å²) in [6.07, 6.45) is 0.921. The summed E-state index contributed by atoms with van der Waals surface area (Å²) in [5.41, 5.74) is 0. The Labute approximate surface area is 63.8 Å². The molecule has 0 rings (SSSR count). The van der Waals surface area contributed by atoms with E-state index in [1.165, 1.54) is 0 Å². The Hall–Kier alpha value is -0.0800. The van der Waals surface area contributed by atoms with Gasteiger partial charge in [-0.3, -0.25) is 0 Å². The lowest BCUT2D eigenvalue weighted by Gasteiger charge is -2.18. The van der Waals surface area contributed by atoms with Crippen molar-refractivity contribution in [1.82, 2.24) is 4.90 Å². The largest absolute Gasteiger partial charge is 0.396 e. The number of hydrogen-bond acceptors (Lipinski definition) is 2. The number of rotatable bonds is 5. The molecule has 0 saturated heterocycles. The van der Waals surface area contributed by atoms with Gasteiger partial charge in [0.25, 0.3) is 0 Å². The molecular weight excluding hydrogens is 126 g/mol. The number of hydrogen-bond donors (Lipinski definition) is 1. The second-order valence-corrected chi connectivity index (χ2v) is 2.97. The van der Waals surface area contributed by atoms with E-state index >= 15 is 0 Å². The van der Waals surface area contributed by atoms with Gasteiger partial charge in [-0.15, -0.1) is 0 Å². The summed E-state index contributed by atoms with van der Waals surface area (Å²) >= 11 is 0. The molecule has 0 aliphatic rings. The van der Waals surface area contributed by atoms with E-state index in [0.717, 1.165) is 19.5 Å². The Morgan fingerprint density at radius 3 is 2.50 bits per heavy atom. The van der Waals surface area contributed by atoms with Gasteiger partial charge < -0.3 is 10.0 Å². The fraction of sp³-hybridized carbons (Fsp3) is 1.00. The van der Waals surface area contributed by atoms with Gasteiger partial charge in [0.1, 0.15) is 0 Å². The zero-order valence-electron chi connectivity index (χ0n) is 7.30. The smallest absolute Gasteiger partial charge is 0.0434 e. The molecule has 0 bridgehead atoms. The van der Waals surface area contributed by atoms with Crippen LogP contribution in [-0.4, -0.2) is 36.8 Å². The van der Waals surface area contributed by atoms with Crippen molar-refractivity contribution < 1.29 is 5.11 Å². The van der Waals surface area contributed by atoms with E-state index in [1.807, 2.05) is 0 Å². The molecule has 2 nitrogen and oxygen atoms in total. The average molecular weight is 145 g/mol. The molecule has 0 saturated carbocycles. The minimum absolute atomic E-state index is 0.318. The third kappa shape index (κ3) is 4.77. The van der Waals surface area contributed by atoms with Crippen molar-refractivity contribution in [3.05, 3.63) is 0 Å². The van der Waals surface area contributed by atoms with Gasteiger partial charge in [-0.25, -0.2) is 0 Å². The normalized spacial score (nSPS) is 14.1. The van der Waals surface area contributed by atoms with Crippen LogP contribution < -0.4 is 0 Å². The van der Waals surface area contributed by atoms with Gasteiger partial charge in [-0.05, 0) is 25.9 Å². The molecule has 0 heterocycles. The molecule has 62 valence electrons. The maximum Gasteiger partial charge on any atom is 0.0434 e. The minimum atomic E-state index is 0.318. The molecule has 0 spiro atoms. The Bertz CT molecular complexity index is 75.7. The lowest BCUT2D eigenvalue weighted by Crippen LogP contribution is -2.24. The van der Waals surface area contributed by atoms with Crippen LogP contribution in [0.15, 0.2) is 0 Å². The summed E-state index contributed by atoms with van der Waals surface area (Å²) < 4.78 is 0. The second kappa shape index (κ2) is 5.69. The summed E-state index contributed by atoms with van der Waals surface area (Å²) in [7, 11) is 2.11. The summed E-state index contributed by atoms with van der Waals surface area (Å²) in [6.45, 7) is 6.82. The molecule has 10 heavy (non-hydrogen) atoms. The first kappa shape index (κ1) is 9.92. The number of aliphatic hydroxyl groups is 1. The van der Waals surface area contributed by atoms with Crippen LogP contribution >= 0.6 is 0 Å². The molecule has 1 atom stereocenters. The molecule has 0 radical (unpaired) electrons. The highest BCUT2D eigenvalue weighted by atomic mass is 16.3. The fourth-order valence-electron chi connectivity index (χ4n) is 0.973. The van der Waals surface area contributed by atoms with E-state index in [2.05, 4.69) is 25.8 Å². The Kier molecular flexibility index (Phi) is 5.64. The third-order valence-corrected chi connectivity index (χ3v) is 1.79. The van der Waals surface area contributed by atoms with Gasteiger partial charge in [0.05, 0.1) is 0 Å². The molecule has 0 aliphatic heterocycles. The van der Waals surface area contributed by atoms with Gasteiger partial charge >= 0.3 is 0 Å². The summed E-state index contributed by atoms with van der Waals surface area (Å²) in [5.74, 6) is 0.620. The third-order valence-electron chi connectivity index (χ3n) is 1.79. The quantitative estimate of drug-likeness (QED) is 0.623. The first-order chi connectivity index (χ1) is 4.70. The molecule has 0 aromatic rings. The molecule has 0 amide bonds. The molecule has 0 fully saturated rings. The standard InChI is InChI=1S/C8H19NO/c1-4-9(3)7-8(2)5-6-10/h8,10H,4-7H2,1-3H3. The van der Waals surface area contributed by atoms with Crippen LogP contribution in [0.4, 0.5) is 0 Å². The first-order valence-corrected chi connectivity index (χ1v) is 4.00. The van der Waals surface area contributed by atoms with Gasteiger partial charge in [-0.1, -0.05) is 13.8 Å². The van der Waals surface area contributed by atoms with Gasteiger partial charge in [0, 0.05) is 13.2 Å². The molecular formula is C8H19NO. The second-order valence-electron chi connectivity index (χ2n) is 2.97. The summed E-state index contributed by atoms with van der Waals surface area (Å²) in [5, 5.41) is 8.60. The monoisotopic (exact) mass is 145 g/mol. The van der Waals surface area contributed by atoms with Crippen LogP contribution in [0.2, 0.25) is 0 Å². The van der Waals surface area contributed by atoms with E-state index in [9.17, 15) is 0 Å². The van der Waals surface area contributed by atoms with Gasteiger partial charge in [0.15, 0.2) is 0 Å². The predicted octanol–water partition coefficient (Wildman–Crippen LogP) is 0.957. The SMILES string of the molecule is CCN(C)CC(C)CCO. The summed E-state index contributed by atoms with van der Waals surface area (Å²) in [6, 6.07) is 0. The molecule has 0 aliphatic carbocycles. The topological polar surface area (TPSA) is 23.5 Å². The molecule has 1 N–H and O–H groups in total. The zero-order chi connectivity index (χ0) is 7.98. The lowest BCUT2D eigenvalue weighted by atomic mass is 10.1. The molecule has 0 aromatic carbocycles. The maximum atomic E-state index is 8.60. The molecule has 0 aromatic heterocycles. The van der Waals surface area contributed by atoms with Crippen molar-refractivity contribution in [3.8, 4) is 0 Å². The van der Waals surface area contributed by atoms with Crippen LogP contribution in [0.1, 0.15) is 20.3 Å². The van der Waals surface area contributed by atoms with Gasteiger partial charge in [0.2, 0.25) is 0 Å². The Morgan fingerprint density at radius 1 is 1.50 bits per heavy atom. The zero-order valence-corrected chi connectivity index (χ0v) is 7.30. The minimum Gasteiger partial charge on any atom is -0.396 e. The van der Waals surface area contributed by atoms with E-state index in [-0.39, 0.29) is 0 Å². The van der Waals surface area contributed by atoms with Gasteiger partial charge in [-0.2, -0.15) is 0 Å². The maximum absolute atomic E-state index is 8.60. The Morgan fingerprint density at radius 2 is 2.10 bits per heavy atom. The predicted molar refractivity (Wildman–Crippen MR) is 44.0 cm³/mol. The number of aliphatic hydroxyl groups excluding tert-OH is 1. The highest BCUT2D eigenvalue weighted by Crippen LogP contribution is 2.01. The van der Waals surface area contributed by atoms with Crippen molar-refractivity contribution in [2.24, 2.45) is 5.92 Å². The first-order valence-electron chi connectivity index (χ1n) is 4.00. The van der Waals surface area contributed by atoms with Crippen molar-refractivity contribution in [2.45, 2.75) is 20.3 Å². The Balaban J connectivity index is 3.27. The van der Waals surface area contributed by atoms with Crippen LogP contribution in [0.25, 0.3) is 0 Å². The fourth-order valence-corrected chi connectivity index (χ4v) is 0.973. The lowest BCUT2D eigenvalue weighted by molar-refractivity contribution is 0.228. The number of nitrogens with zero attached hydrogens (tertiary/aromatic N) is 1.